The number of para-hydroxylation sites is 1. The van der Waals surface area contributed by atoms with Crippen LogP contribution >= 0.6 is 0 Å². The molecular formula is C13H10F3NO2. The van der Waals surface area contributed by atoms with E-state index in [1.165, 1.54) is 42.0 Å². The lowest BCUT2D eigenvalue weighted by Gasteiger charge is -2.15. The van der Waals surface area contributed by atoms with Crippen molar-refractivity contribution in [2.24, 2.45) is 0 Å². The fraction of sp³-hybridized carbons (Fsp3) is 0.154. The number of alkyl halides is 3. The number of nitrogens with zero attached hydrogens (tertiary/aromatic N) is 1. The molecule has 100 valence electrons. The summed E-state index contributed by atoms with van der Waals surface area (Å²) in [5.74, 6) is -1.17. The molecule has 0 saturated carbocycles. The largest absolute Gasteiger partial charge is 0.478 e. The summed E-state index contributed by atoms with van der Waals surface area (Å²) < 4.78 is 39.9. The Balaban J connectivity index is 2.64. The van der Waals surface area contributed by atoms with Gasteiger partial charge in [0.1, 0.15) is 0 Å². The van der Waals surface area contributed by atoms with E-state index in [-0.39, 0.29) is 16.9 Å². The van der Waals surface area contributed by atoms with Gasteiger partial charge < -0.3 is 9.67 Å². The Bertz CT molecular complexity index is 629. The number of aromatic carboxylic acids is 1. The van der Waals surface area contributed by atoms with Crippen molar-refractivity contribution in [3.8, 4) is 5.69 Å². The summed E-state index contributed by atoms with van der Waals surface area (Å²) in [5, 5.41) is 8.92. The molecule has 0 atom stereocenters. The molecule has 0 amide bonds. The highest BCUT2D eigenvalue weighted by Crippen LogP contribution is 2.34. The van der Waals surface area contributed by atoms with Crippen LogP contribution < -0.4 is 0 Å². The molecule has 0 aliphatic rings. The van der Waals surface area contributed by atoms with Crippen molar-refractivity contribution < 1.29 is 23.1 Å². The van der Waals surface area contributed by atoms with E-state index in [2.05, 4.69) is 0 Å². The first-order valence-electron chi connectivity index (χ1n) is 5.40. The van der Waals surface area contributed by atoms with E-state index in [9.17, 15) is 18.0 Å². The van der Waals surface area contributed by atoms with Gasteiger partial charge in [-0.1, -0.05) is 12.1 Å². The van der Waals surface area contributed by atoms with Crippen LogP contribution in [0.3, 0.4) is 0 Å². The van der Waals surface area contributed by atoms with Crippen molar-refractivity contribution in [2.45, 2.75) is 13.1 Å². The molecule has 3 nitrogen and oxygen atoms in total. The lowest BCUT2D eigenvalue weighted by atomic mass is 10.1. The Kier molecular flexibility index (Phi) is 3.09. The van der Waals surface area contributed by atoms with Gasteiger partial charge in [0.15, 0.2) is 0 Å². The van der Waals surface area contributed by atoms with Gasteiger partial charge in [-0.25, -0.2) is 4.79 Å². The third kappa shape index (κ3) is 2.33. The molecule has 0 fully saturated rings. The molecule has 2 rings (SSSR count). The number of aromatic nitrogens is 1. The maximum Gasteiger partial charge on any atom is 0.418 e. The van der Waals surface area contributed by atoms with E-state index in [0.717, 1.165) is 6.07 Å². The second kappa shape index (κ2) is 4.46. The normalized spacial score (nSPS) is 11.6. The van der Waals surface area contributed by atoms with Crippen LogP contribution in [0.15, 0.2) is 36.5 Å². The van der Waals surface area contributed by atoms with Crippen molar-refractivity contribution in [1.29, 1.82) is 0 Å². The smallest absolute Gasteiger partial charge is 0.418 e. The van der Waals surface area contributed by atoms with E-state index >= 15 is 0 Å². The zero-order valence-corrected chi connectivity index (χ0v) is 9.90. The summed E-state index contributed by atoms with van der Waals surface area (Å²) in [4.78, 5) is 10.9. The van der Waals surface area contributed by atoms with E-state index in [4.69, 9.17) is 5.11 Å². The fourth-order valence-corrected chi connectivity index (χ4v) is 1.92. The molecule has 1 heterocycles. The van der Waals surface area contributed by atoms with Crippen LogP contribution in [-0.2, 0) is 6.18 Å². The number of rotatable bonds is 2. The summed E-state index contributed by atoms with van der Waals surface area (Å²) >= 11 is 0. The molecule has 1 N–H and O–H groups in total. The summed E-state index contributed by atoms with van der Waals surface area (Å²) in [6.45, 7) is 1.47. The van der Waals surface area contributed by atoms with Crippen molar-refractivity contribution in [3.63, 3.8) is 0 Å². The van der Waals surface area contributed by atoms with E-state index in [0.29, 0.717) is 0 Å². The molecule has 2 aromatic rings. The van der Waals surface area contributed by atoms with Gasteiger partial charge in [0.05, 0.1) is 16.8 Å². The molecule has 0 unspecified atom stereocenters. The molecule has 1 aromatic heterocycles. The monoisotopic (exact) mass is 269 g/mol. The van der Waals surface area contributed by atoms with Crippen molar-refractivity contribution in [1.82, 2.24) is 4.57 Å². The molecule has 6 heteroatoms. The van der Waals surface area contributed by atoms with Gasteiger partial charge in [-0.2, -0.15) is 13.2 Å². The third-order valence-corrected chi connectivity index (χ3v) is 2.84. The van der Waals surface area contributed by atoms with Crippen molar-refractivity contribution in [2.75, 3.05) is 0 Å². The zero-order valence-electron chi connectivity index (χ0n) is 9.90. The molecule has 0 aliphatic heterocycles. The number of hydrogen-bond donors (Lipinski definition) is 1. The summed E-state index contributed by atoms with van der Waals surface area (Å²) in [6, 6.07) is 6.33. The Morgan fingerprint density at radius 2 is 1.84 bits per heavy atom. The van der Waals surface area contributed by atoms with Gasteiger partial charge in [-0.05, 0) is 25.1 Å². The zero-order chi connectivity index (χ0) is 14.2. The average molecular weight is 269 g/mol. The molecule has 0 bridgehead atoms. The van der Waals surface area contributed by atoms with Gasteiger partial charge in [0.2, 0.25) is 0 Å². The van der Waals surface area contributed by atoms with Crippen LogP contribution in [0.1, 0.15) is 21.6 Å². The average Bonchev–Trinajstić information content (AvgIpc) is 2.70. The van der Waals surface area contributed by atoms with E-state index in [1.54, 1.807) is 0 Å². The van der Waals surface area contributed by atoms with Crippen LogP contribution in [0.5, 0.6) is 0 Å². The summed E-state index contributed by atoms with van der Waals surface area (Å²) in [5.41, 5.74) is -0.646. The highest BCUT2D eigenvalue weighted by Gasteiger charge is 2.34. The van der Waals surface area contributed by atoms with Gasteiger partial charge in [-0.3, -0.25) is 0 Å². The van der Waals surface area contributed by atoms with Crippen LogP contribution in [0, 0.1) is 6.92 Å². The minimum absolute atomic E-state index is 0.0167. The number of carbonyl (C=O) groups is 1. The van der Waals surface area contributed by atoms with E-state index < -0.39 is 17.7 Å². The lowest BCUT2D eigenvalue weighted by molar-refractivity contribution is -0.137. The number of halogens is 3. The molecular weight excluding hydrogens is 259 g/mol. The Morgan fingerprint density at radius 3 is 2.37 bits per heavy atom. The Labute approximate surface area is 106 Å². The minimum Gasteiger partial charge on any atom is -0.478 e. The Morgan fingerprint density at radius 1 is 1.21 bits per heavy atom. The highest BCUT2D eigenvalue weighted by atomic mass is 19.4. The third-order valence-electron chi connectivity index (χ3n) is 2.84. The van der Waals surface area contributed by atoms with Crippen molar-refractivity contribution in [3.05, 3.63) is 53.3 Å². The van der Waals surface area contributed by atoms with Crippen LogP contribution in [0.2, 0.25) is 0 Å². The highest BCUT2D eigenvalue weighted by molar-refractivity contribution is 5.89. The SMILES string of the molecule is Cc1c(C(=O)O)ccn1-c1ccccc1C(F)(F)F. The molecule has 1 aromatic carbocycles. The quantitative estimate of drug-likeness (QED) is 0.906. The summed E-state index contributed by atoms with van der Waals surface area (Å²) in [6.07, 6.45) is -3.17. The lowest BCUT2D eigenvalue weighted by Crippen LogP contribution is -2.11. The van der Waals surface area contributed by atoms with E-state index in [1.807, 2.05) is 0 Å². The number of benzene rings is 1. The molecule has 0 aliphatic carbocycles. The summed E-state index contributed by atoms with van der Waals surface area (Å²) in [7, 11) is 0. The first kappa shape index (κ1) is 13.2. The van der Waals surface area contributed by atoms with Crippen LogP contribution in [0.25, 0.3) is 5.69 Å². The molecule has 0 saturated heterocycles. The van der Waals surface area contributed by atoms with Gasteiger partial charge in [-0.15, -0.1) is 0 Å². The number of carboxylic acid groups (broad SMARTS) is 1. The second-order valence-corrected chi connectivity index (χ2v) is 4.00. The second-order valence-electron chi connectivity index (χ2n) is 4.00. The van der Waals surface area contributed by atoms with Crippen LogP contribution in [-0.4, -0.2) is 15.6 Å². The first-order valence-corrected chi connectivity index (χ1v) is 5.40. The van der Waals surface area contributed by atoms with Gasteiger partial charge in [0, 0.05) is 11.9 Å². The maximum atomic E-state index is 12.9. The molecule has 0 radical (unpaired) electrons. The van der Waals surface area contributed by atoms with Gasteiger partial charge >= 0.3 is 12.1 Å². The van der Waals surface area contributed by atoms with Gasteiger partial charge in [0.25, 0.3) is 0 Å². The maximum absolute atomic E-state index is 12.9. The predicted octanol–water partition coefficient (Wildman–Crippen LogP) is 3.50. The minimum atomic E-state index is -4.49. The molecule has 19 heavy (non-hydrogen) atoms. The number of carboxylic acids is 1. The fourth-order valence-electron chi connectivity index (χ4n) is 1.92. The number of hydrogen-bond acceptors (Lipinski definition) is 1. The molecule has 0 spiro atoms. The predicted molar refractivity (Wildman–Crippen MR) is 62.5 cm³/mol. The standard InChI is InChI=1S/C13H10F3NO2/c1-8-9(12(18)19)6-7-17(8)11-5-3-2-4-10(11)13(14,15)16/h2-7H,1H3,(H,18,19). The topological polar surface area (TPSA) is 42.2 Å². The van der Waals surface area contributed by atoms with Crippen LogP contribution in [0.4, 0.5) is 13.2 Å². The first-order chi connectivity index (χ1) is 8.82. The Hall–Kier alpha value is -2.24. The van der Waals surface area contributed by atoms with Crippen molar-refractivity contribution >= 4 is 5.97 Å².